The number of aliphatic hydroxyl groups excluding tert-OH is 3. The maximum absolute atomic E-state index is 14.7. The van der Waals surface area contributed by atoms with Gasteiger partial charge in [0.05, 0.1) is 30.3 Å². The van der Waals surface area contributed by atoms with Gasteiger partial charge in [0.1, 0.15) is 17.5 Å². The number of alkyl carbamates (subject to hydrolysis) is 1. The van der Waals surface area contributed by atoms with Crippen molar-refractivity contribution in [2.75, 3.05) is 17.2 Å². The minimum absolute atomic E-state index is 0.0464. The van der Waals surface area contributed by atoms with Gasteiger partial charge in [0.25, 0.3) is 0 Å². The summed E-state index contributed by atoms with van der Waals surface area (Å²) in [6, 6.07) is 25.7. The van der Waals surface area contributed by atoms with Crippen LogP contribution >= 0.6 is 0 Å². The Kier molecular flexibility index (Phi) is 20.0. The molecule has 81 heavy (non-hydrogen) atoms. The van der Waals surface area contributed by atoms with Crippen LogP contribution in [-0.4, -0.2) is 96.6 Å². The van der Waals surface area contributed by atoms with Gasteiger partial charge in [-0.2, -0.15) is 0 Å². The van der Waals surface area contributed by atoms with Crippen LogP contribution in [0.5, 0.6) is 0 Å². The first-order valence-electron chi connectivity index (χ1n) is 29.5. The van der Waals surface area contributed by atoms with Gasteiger partial charge in [0.2, 0.25) is 17.7 Å². The normalized spacial score (nSPS) is 27.8. The van der Waals surface area contributed by atoms with Crippen LogP contribution in [0, 0.1) is 46.3 Å². The highest BCUT2D eigenvalue weighted by atomic mass is 16.6. The number of benzene rings is 2. The molecule has 0 radical (unpaired) electrons. The number of amides is 4. The average molecular weight is 1110 g/mol. The van der Waals surface area contributed by atoms with Crippen molar-refractivity contribution in [3.8, 4) is 0 Å². The van der Waals surface area contributed by atoms with Gasteiger partial charge in [-0.15, -0.1) is 0 Å². The van der Waals surface area contributed by atoms with E-state index in [-0.39, 0.29) is 85.1 Å². The van der Waals surface area contributed by atoms with Crippen molar-refractivity contribution >= 4 is 41.3 Å². The number of aromatic nitrogens is 2. The standard InChI is InChI=1S/C64H87N7O10/c1-39(25-30-55(76)77)44-26-27-45-56-46(38-51(73)64(44,45)6)63(5)32-31-42(36-41(63)37-50(56)72)68-53(74)28-29-54(75)69-49(23-13-16-35-67-61(80)81-62(2,3)4)60(79)70-47-21-11-10-20-43(47)58(71-52-24-14-17-34-66-52)57(48-22-12-15-33-65-48)59(78)40-18-8-7-9-19-40/h7-12,14-15,17-22,24,33-34,39,41-42,44-46,49-51,56-59,72-73,78H,13,16,23,25-32,35-38H2,1-6H3,(H,66,71)(H,67,80)(H,68,74)(H,69,75)(H,70,79)(H,76,77)/t39?,41-,42-,44?,45-,46-,49+,50+,51-,56-,57?,58?,59?,63-,64+/m0/s1. The third kappa shape index (κ3) is 14.6. The molecule has 2 heterocycles. The van der Waals surface area contributed by atoms with Crippen LogP contribution in [-0.2, 0) is 23.9 Å². The zero-order valence-electron chi connectivity index (χ0n) is 48.1. The molecule has 4 amide bonds. The number of anilines is 2. The summed E-state index contributed by atoms with van der Waals surface area (Å²) >= 11 is 0. The quantitative estimate of drug-likeness (QED) is 0.0314. The third-order valence-corrected chi connectivity index (χ3v) is 18.9. The minimum Gasteiger partial charge on any atom is -0.481 e. The highest BCUT2D eigenvalue weighted by Crippen LogP contribution is 2.68. The van der Waals surface area contributed by atoms with Gasteiger partial charge < -0.3 is 51.7 Å². The molecule has 4 aromatic rings. The van der Waals surface area contributed by atoms with Crippen LogP contribution in [0.25, 0.3) is 0 Å². The largest absolute Gasteiger partial charge is 0.481 e. The zero-order valence-corrected chi connectivity index (χ0v) is 48.1. The first-order valence-corrected chi connectivity index (χ1v) is 29.5. The second-order valence-electron chi connectivity index (χ2n) is 25.1. The van der Waals surface area contributed by atoms with E-state index >= 15 is 0 Å². The molecule has 15 atom stereocenters. The van der Waals surface area contributed by atoms with Gasteiger partial charge in [-0.1, -0.05) is 81.4 Å². The number of hydrogen-bond donors (Lipinski definition) is 9. The maximum Gasteiger partial charge on any atom is 0.407 e. The lowest BCUT2D eigenvalue weighted by Gasteiger charge is -2.63. The summed E-state index contributed by atoms with van der Waals surface area (Å²) < 4.78 is 5.40. The summed E-state index contributed by atoms with van der Waals surface area (Å²) in [7, 11) is 0. The van der Waals surface area contributed by atoms with Gasteiger partial charge in [0, 0.05) is 55.6 Å². The highest BCUT2D eigenvalue weighted by Gasteiger charge is 2.66. The van der Waals surface area contributed by atoms with Crippen molar-refractivity contribution in [2.24, 2.45) is 46.3 Å². The van der Waals surface area contributed by atoms with Crippen molar-refractivity contribution in [1.82, 2.24) is 25.9 Å². The molecule has 2 aromatic heterocycles. The number of nitrogens with zero attached hydrogens (tertiary/aromatic N) is 2. The van der Waals surface area contributed by atoms with Gasteiger partial charge in [0.15, 0.2) is 0 Å². The molecule has 0 aliphatic heterocycles. The van der Waals surface area contributed by atoms with Crippen LogP contribution in [0.1, 0.15) is 166 Å². The average Bonchev–Trinajstić information content (AvgIpc) is 2.72. The molecule has 4 fully saturated rings. The predicted molar refractivity (Wildman–Crippen MR) is 309 cm³/mol. The molecule has 0 bridgehead atoms. The van der Waals surface area contributed by atoms with E-state index in [1.165, 1.54) is 0 Å². The van der Waals surface area contributed by atoms with E-state index in [2.05, 4.69) is 52.3 Å². The predicted octanol–water partition coefficient (Wildman–Crippen LogP) is 9.63. The molecular formula is C64H87N7O10. The number of hydrogen-bond acceptors (Lipinski definition) is 12. The smallest absolute Gasteiger partial charge is 0.407 e. The molecule has 2 aromatic carbocycles. The Labute approximate surface area is 477 Å². The number of carboxylic acid groups (broad SMARTS) is 1. The molecule has 17 nitrogen and oxygen atoms in total. The van der Waals surface area contributed by atoms with Crippen LogP contribution in [0.3, 0.4) is 0 Å². The second kappa shape index (κ2) is 26.7. The summed E-state index contributed by atoms with van der Waals surface area (Å²) in [5, 5.41) is 61.3. The Bertz CT molecular complexity index is 2750. The number of carbonyl (C=O) groups excluding carboxylic acids is 4. The number of aliphatic carboxylic acids is 1. The molecule has 0 saturated heterocycles. The van der Waals surface area contributed by atoms with E-state index in [0.717, 1.165) is 25.7 Å². The summed E-state index contributed by atoms with van der Waals surface area (Å²) in [5.74, 6) is -1.46. The molecule has 0 spiro atoms. The van der Waals surface area contributed by atoms with Crippen LogP contribution in [0.15, 0.2) is 103 Å². The van der Waals surface area contributed by atoms with Crippen molar-refractivity contribution in [1.29, 1.82) is 0 Å². The molecule has 17 heteroatoms. The number of para-hydroxylation sites is 1. The van der Waals surface area contributed by atoms with E-state index in [0.29, 0.717) is 66.9 Å². The summed E-state index contributed by atoms with van der Waals surface area (Å²) in [6.07, 6.45) is 7.43. The van der Waals surface area contributed by atoms with Crippen molar-refractivity contribution < 1.29 is 49.1 Å². The molecule has 4 aliphatic rings. The molecule has 4 saturated carbocycles. The Morgan fingerprint density at radius 2 is 1.48 bits per heavy atom. The lowest BCUT2D eigenvalue weighted by molar-refractivity contribution is -0.202. The van der Waals surface area contributed by atoms with Gasteiger partial charge in [-0.25, -0.2) is 9.78 Å². The third-order valence-electron chi connectivity index (χ3n) is 18.9. The molecule has 4 aliphatic carbocycles. The molecule has 5 unspecified atom stereocenters. The fourth-order valence-electron chi connectivity index (χ4n) is 14.9. The number of aliphatic hydroxyl groups is 3. The van der Waals surface area contributed by atoms with Gasteiger partial charge >= 0.3 is 12.1 Å². The SMILES string of the molecule is CC(CCC(=O)O)C1CC[C@H]2[C@@H]3[C@H](O)C[C@@H]4C[C@@H](NC(=O)CCC(=O)N[C@H](CCCCNC(=O)OC(C)(C)C)C(=O)Nc5ccccc5C(Nc5ccccn5)C(c5ccccn5)C(O)c5ccccc5)CC[C@]4(C)[C@H]3C[C@H](O)[C@]12C. The number of nitrogens with one attached hydrogen (secondary N) is 5. The summed E-state index contributed by atoms with van der Waals surface area (Å²) in [4.78, 5) is 75.5. The van der Waals surface area contributed by atoms with Crippen LogP contribution in [0.2, 0.25) is 0 Å². The van der Waals surface area contributed by atoms with Crippen molar-refractivity contribution in [3.05, 3.63) is 120 Å². The van der Waals surface area contributed by atoms with E-state index in [1.54, 1.807) is 51.4 Å². The van der Waals surface area contributed by atoms with Crippen molar-refractivity contribution in [2.45, 2.75) is 179 Å². The van der Waals surface area contributed by atoms with Crippen LogP contribution < -0.4 is 26.6 Å². The molecular weight excluding hydrogens is 1030 g/mol. The Morgan fingerprint density at radius 1 is 0.778 bits per heavy atom. The minimum atomic E-state index is -1.06. The van der Waals surface area contributed by atoms with E-state index in [9.17, 15) is 44.4 Å². The summed E-state index contributed by atoms with van der Waals surface area (Å²) in [6.45, 7) is 12.2. The zero-order chi connectivity index (χ0) is 58.1. The lowest BCUT2D eigenvalue weighted by Crippen LogP contribution is -2.63. The Hall–Kier alpha value is -6.43. The lowest BCUT2D eigenvalue weighted by atomic mass is 9.43. The monoisotopic (exact) mass is 1110 g/mol. The van der Waals surface area contributed by atoms with Crippen LogP contribution in [0.4, 0.5) is 16.3 Å². The number of ether oxygens (including phenoxy) is 1. The first kappa shape index (κ1) is 60.7. The summed E-state index contributed by atoms with van der Waals surface area (Å²) in [5.41, 5.74) is 1.11. The van der Waals surface area contributed by atoms with Gasteiger partial charge in [-0.3, -0.25) is 24.2 Å². The number of fused-ring (bicyclic) bond motifs is 5. The number of carbonyl (C=O) groups is 5. The Morgan fingerprint density at radius 3 is 2.19 bits per heavy atom. The number of pyridine rings is 2. The number of rotatable bonds is 23. The number of unbranched alkanes of at least 4 members (excludes halogenated alkanes) is 1. The fourth-order valence-corrected chi connectivity index (χ4v) is 14.9. The molecule has 438 valence electrons. The fraction of sp³-hybridized carbons (Fsp3) is 0.578. The first-order chi connectivity index (χ1) is 38.7. The van der Waals surface area contributed by atoms with E-state index < -0.39 is 71.2 Å². The Balaban J connectivity index is 0.936. The van der Waals surface area contributed by atoms with Gasteiger partial charge in [-0.05, 0) is 179 Å². The van der Waals surface area contributed by atoms with E-state index in [4.69, 9.17) is 9.72 Å². The topological polar surface area (TPSA) is 261 Å². The highest BCUT2D eigenvalue weighted by molar-refractivity contribution is 5.98. The van der Waals surface area contributed by atoms with E-state index in [1.807, 2.05) is 72.8 Å². The second-order valence-corrected chi connectivity index (χ2v) is 25.1. The maximum atomic E-state index is 14.7. The number of carboxylic acids is 1. The molecule has 9 N–H and O–H groups in total. The molecule has 8 rings (SSSR count). The van der Waals surface area contributed by atoms with Crippen molar-refractivity contribution in [3.63, 3.8) is 0 Å².